The third kappa shape index (κ3) is 5.48. The molecule has 0 aromatic carbocycles. The molecule has 24 heavy (non-hydrogen) atoms. The molecule has 0 aromatic heterocycles. The molecule has 2 N–H and O–H groups in total. The molecule has 1 unspecified atom stereocenters. The minimum absolute atomic E-state index is 0.0586. The summed E-state index contributed by atoms with van der Waals surface area (Å²) in [5.74, 6) is -2.15. The number of imide groups is 1. The molecule has 0 spiro atoms. The van der Waals surface area contributed by atoms with Crippen LogP contribution in [0.25, 0.3) is 0 Å². The highest BCUT2D eigenvalue weighted by Gasteiger charge is 2.25. The first-order valence-electron chi connectivity index (χ1n) is 7.48. The van der Waals surface area contributed by atoms with Crippen LogP contribution in [0.1, 0.15) is 27.2 Å². The summed E-state index contributed by atoms with van der Waals surface area (Å²) in [6.07, 6.45) is 2.16. The van der Waals surface area contributed by atoms with Crippen molar-refractivity contribution in [1.29, 1.82) is 0 Å². The van der Waals surface area contributed by atoms with Crippen molar-refractivity contribution in [3.63, 3.8) is 0 Å². The second-order valence-corrected chi connectivity index (χ2v) is 6.28. The van der Waals surface area contributed by atoms with Crippen molar-refractivity contribution in [3.8, 4) is 0 Å². The van der Waals surface area contributed by atoms with E-state index in [1.54, 1.807) is 13.8 Å². The molecule has 3 atom stereocenters. The summed E-state index contributed by atoms with van der Waals surface area (Å²) in [6.45, 7) is 4.56. The van der Waals surface area contributed by atoms with Gasteiger partial charge in [0.05, 0.1) is 11.3 Å². The van der Waals surface area contributed by atoms with Crippen molar-refractivity contribution < 1.29 is 24.0 Å². The van der Waals surface area contributed by atoms with Crippen molar-refractivity contribution in [3.05, 3.63) is 12.2 Å². The minimum atomic E-state index is -0.855. The highest BCUT2D eigenvalue weighted by Crippen LogP contribution is 2.04. The van der Waals surface area contributed by atoms with Gasteiger partial charge in [0, 0.05) is 25.1 Å². The fraction of sp³-hybridized carbons (Fsp3) is 0.533. The number of thiol groups is 1. The van der Waals surface area contributed by atoms with Crippen LogP contribution in [-0.4, -0.2) is 58.2 Å². The van der Waals surface area contributed by atoms with E-state index in [4.69, 9.17) is 0 Å². The number of Topliss-reactive ketones (excluding diaryl/α,β-unsaturated/α-hetero) is 1. The summed E-state index contributed by atoms with van der Waals surface area (Å²) in [6, 6.07) is -1.57. The molecule has 0 aliphatic carbocycles. The number of carbonyl (C=O) groups excluding carboxylic acids is 5. The van der Waals surface area contributed by atoms with Crippen LogP contribution in [0.3, 0.4) is 0 Å². The lowest BCUT2D eigenvalue weighted by atomic mass is 10.1. The van der Waals surface area contributed by atoms with Crippen molar-refractivity contribution in [2.45, 2.75) is 44.5 Å². The molecular weight excluding hydrogens is 334 g/mol. The fourth-order valence-electron chi connectivity index (χ4n) is 2.02. The summed E-state index contributed by atoms with van der Waals surface area (Å²) in [4.78, 5) is 59.1. The van der Waals surface area contributed by atoms with Gasteiger partial charge in [-0.3, -0.25) is 28.9 Å². The van der Waals surface area contributed by atoms with Gasteiger partial charge in [-0.15, -0.1) is 0 Å². The van der Waals surface area contributed by atoms with Gasteiger partial charge in [-0.05, 0) is 20.8 Å². The average molecular weight is 355 g/mol. The highest BCUT2D eigenvalue weighted by molar-refractivity contribution is 7.81. The number of amides is 4. The van der Waals surface area contributed by atoms with E-state index < -0.39 is 41.0 Å². The number of carbonyl (C=O) groups is 5. The van der Waals surface area contributed by atoms with Gasteiger partial charge >= 0.3 is 0 Å². The number of hydrogen-bond acceptors (Lipinski definition) is 6. The molecule has 0 bridgehead atoms. The van der Waals surface area contributed by atoms with E-state index in [9.17, 15) is 24.0 Å². The van der Waals surface area contributed by atoms with Crippen LogP contribution in [0.4, 0.5) is 0 Å². The maximum atomic E-state index is 11.9. The highest BCUT2D eigenvalue weighted by atomic mass is 32.1. The lowest BCUT2D eigenvalue weighted by Gasteiger charge is -2.19. The third-order valence-electron chi connectivity index (χ3n) is 3.43. The van der Waals surface area contributed by atoms with Gasteiger partial charge in [0.25, 0.3) is 11.8 Å². The third-order valence-corrected chi connectivity index (χ3v) is 3.69. The van der Waals surface area contributed by atoms with E-state index in [1.165, 1.54) is 6.92 Å². The zero-order chi connectivity index (χ0) is 18.4. The van der Waals surface area contributed by atoms with Crippen molar-refractivity contribution >= 4 is 42.0 Å². The maximum absolute atomic E-state index is 11.9. The van der Waals surface area contributed by atoms with Crippen LogP contribution in [0, 0.1) is 0 Å². The van der Waals surface area contributed by atoms with E-state index in [0.717, 1.165) is 17.1 Å². The van der Waals surface area contributed by atoms with E-state index in [0.29, 0.717) is 0 Å². The van der Waals surface area contributed by atoms with Crippen molar-refractivity contribution in [2.75, 3.05) is 6.54 Å². The number of rotatable bonds is 8. The van der Waals surface area contributed by atoms with Crippen LogP contribution >= 0.6 is 12.6 Å². The van der Waals surface area contributed by atoms with Gasteiger partial charge in [-0.25, -0.2) is 0 Å². The average Bonchev–Trinajstić information content (AvgIpc) is 2.82. The lowest BCUT2D eigenvalue weighted by molar-refractivity contribution is -0.137. The molecule has 0 saturated heterocycles. The first kappa shape index (κ1) is 19.9. The Kier molecular flexibility index (Phi) is 7.15. The van der Waals surface area contributed by atoms with Crippen molar-refractivity contribution in [1.82, 2.24) is 15.5 Å². The molecule has 4 amide bonds. The van der Waals surface area contributed by atoms with Crippen LogP contribution in [0.2, 0.25) is 0 Å². The quantitative estimate of drug-likeness (QED) is 0.390. The Hall–Kier alpha value is -2.16. The summed E-state index contributed by atoms with van der Waals surface area (Å²) in [7, 11) is 0. The molecule has 0 radical (unpaired) electrons. The zero-order valence-electron chi connectivity index (χ0n) is 13.7. The zero-order valence-corrected chi connectivity index (χ0v) is 14.6. The monoisotopic (exact) mass is 355 g/mol. The Morgan fingerprint density at radius 1 is 1.04 bits per heavy atom. The molecule has 1 aliphatic heterocycles. The molecule has 132 valence electrons. The van der Waals surface area contributed by atoms with Crippen LogP contribution in [-0.2, 0) is 24.0 Å². The van der Waals surface area contributed by atoms with Gasteiger partial charge in [0.2, 0.25) is 11.8 Å². The van der Waals surface area contributed by atoms with E-state index >= 15 is 0 Å². The fourth-order valence-corrected chi connectivity index (χ4v) is 2.24. The number of hydrogen-bond donors (Lipinski definition) is 3. The van der Waals surface area contributed by atoms with Crippen LogP contribution < -0.4 is 10.6 Å². The van der Waals surface area contributed by atoms with E-state index in [2.05, 4.69) is 23.3 Å². The first-order chi connectivity index (χ1) is 11.1. The van der Waals surface area contributed by atoms with Gasteiger partial charge in [0.1, 0.15) is 6.04 Å². The standard InChI is InChI=1S/C15H21N3O5S/c1-8(14(22)10(3)24)17-15(23)9(2)16-11(19)6-7-18-12(20)4-5-13(18)21/h4-5,8-10,24H,6-7H2,1-3H3,(H,16,19)(H,17,23)/t8-,9-,10?/m0/s1. The summed E-state index contributed by atoms with van der Waals surface area (Å²) in [5, 5.41) is 4.45. The lowest BCUT2D eigenvalue weighted by Crippen LogP contribution is -2.50. The Bertz CT molecular complexity index is 570. The van der Waals surface area contributed by atoms with Gasteiger partial charge in [0.15, 0.2) is 5.78 Å². The Morgan fingerprint density at radius 2 is 1.58 bits per heavy atom. The van der Waals surface area contributed by atoms with E-state index in [1.807, 2.05) is 0 Å². The Labute approximate surface area is 145 Å². The molecule has 9 heteroatoms. The Morgan fingerprint density at radius 3 is 2.08 bits per heavy atom. The van der Waals surface area contributed by atoms with Crippen molar-refractivity contribution in [2.24, 2.45) is 0 Å². The first-order valence-corrected chi connectivity index (χ1v) is 8.00. The molecular formula is C15H21N3O5S. The molecule has 0 fully saturated rings. The number of ketones is 1. The van der Waals surface area contributed by atoms with Crippen LogP contribution in [0.15, 0.2) is 12.2 Å². The molecule has 0 saturated carbocycles. The summed E-state index contributed by atoms with van der Waals surface area (Å²) >= 11 is 4.01. The normalized spacial score (nSPS) is 17.4. The second-order valence-electron chi connectivity index (χ2n) is 5.51. The van der Waals surface area contributed by atoms with Gasteiger partial charge in [-0.1, -0.05) is 0 Å². The van der Waals surface area contributed by atoms with Gasteiger partial charge < -0.3 is 10.6 Å². The second kappa shape index (κ2) is 8.62. The molecule has 8 nitrogen and oxygen atoms in total. The molecule has 1 heterocycles. The molecule has 0 aromatic rings. The smallest absolute Gasteiger partial charge is 0.253 e. The van der Waals surface area contributed by atoms with E-state index in [-0.39, 0.29) is 18.7 Å². The predicted molar refractivity (Wildman–Crippen MR) is 89.1 cm³/mol. The summed E-state index contributed by atoms with van der Waals surface area (Å²) in [5.41, 5.74) is 0. The topological polar surface area (TPSA) is 113 Å². The Balaban J connectivity index is 2.40. The van der Waals surface area contributed by atoms with Gasteiger partial charge in [-0.2, -0.15) is 12.6 Å². The van der Waals surface area contributed by atoms with Crippen LogP contribution in [0.5, 0.6) is 0 Å². The SMILES string of the molecule is CC(S)C(=O)[C@H](C)NC(=O)[C@H](C)NC(=O)CCN1C(=O)C=CC1=O. The summed E-state index contributed by atoms with van der Waals surface area (Å²) < 4.78 is 0. The number of nitrogens with zero attached hydrogens (tertiary/aromatic N) is 1. The molecule has 1 rings (SSSR count). The molecule has 1 aliphatic rings. The maximum Gasteiger partial charge on any atom is 0.253 e. The predicted octanol–water partition coefficient (Wildman–Crippen LogP) is -0.802. The number of nitrogens with one attached hydrogen (secondary N) is 2. The minimum Gasteiger partial charge on any atom is -0.345 e. The largest absolute Gasteiger partial charge is 0.345 e.